The Kier molecular flexibility index (Phi) is 5.25. The molecular formula is C14H19N5O. The molecule has 0 fully saturated rings. The van der Waals surface area contributed by atoms with Crippen LogP contribution < -0.4 is 10.6 Å². The van der Waals surface area contributed by atoms with Gasteiger partial charge in [0.1, 0.15) is 18.2 Å². The van der Waals surface area contributed by atoms with Gasteiger partial charge in [0.25, 0.3) is 0 Å². The van der Waals surface area contributed by atoms with Crippen molar-refractivity contribution < 1.29 is 4.74 Å². The summed E-state index contributed by atoms with van der Waals surface area (Å²) in [6.45, 7) is 3.67. The summed E-state index contributed by atoms with van der Waals surface area (Å²) >= 11 is 0. The van der Waals surface area contributed by atoms with E-state index in [9.17, 15) is 0 Å². The number of nitrogens with one attached hydrogen (secondary N) is 2. The van der Waals surface area contributed by atoms with Crippen LogP contribution in [0.2, 0.25) is 0 Å². The maximum atomic E-state index is 5.35. The number of rotatable bonds is 7. The molecule has 0 atom stereocenters. The molecule has 0 aliphatic rings. The Balaban J connectivity index is 2.06. The summed E-state index contributed by atoms with van der Waals surface area (Å²) in [4.78, 5) is 12.9. The lowest BCUT2D eigenvalue weighted by Gasteiger charge is -2.09. The van der Waals surface area contributed by atoms with Crippen molar-refractivity contribution in [2.24, 2.45) is 0 Å². The number of anilines is 2. The van der Waals surface area contributed by atoms with Gasteiger partial charge in [-0.25, -0.2) is 9.97 Å². The lowest BCUT2D eigenvalue weighted by Crippen LogP contribution is -2.08. The highest BCUT2D eigenvalue weighted by molar-refractivity contribution is 5.47. The first-order chi connectivity index (χ1) is 9.81. The van der Waals surface area contributed by atoms with Crippen LogP contribution in [0, 0.1) is 0 Å². The van der Waals surface area contributed by atoms with E-state index < -0.39 is 0 Å². The summed E-state index contributed by atoms with van der Waals surface area (Å²) in [6.07, 6.45) is 3.59. The standard InChI is InChI=1S/C14H19N5O/c1-3-20-10-14-18-12(15-2)7-13(19-14)17-9-11-5-4-6-16-8-11/h4-8H,3,9-10H2,1-2H3,(H2,15,17,18,19). The minimum Gasteiger partial charge on any atom is -0.374 e. The van der Waals surface area contributed by atoms with Gasteiger partial charge in [0.15, 0.2) is 5.82 Å². The van der Waals surface area contributed by atoms with Gasteiger partial charge in [0.05, 0.1) is 0 Å². The minimum atomic E-state index is 0.410. The van der Waals surface area contributed by atoms with E-state index in [0.717, 1.165) is 17.2 Å². The lowest BCUT2D eigenvalue weighted by atomic mass is 10.3. The Labute approximate surface area is 118 Å². The normalized spacial score (nSPS) is 10.3. The van der Waals surface area contributed by atoms with Gasteiger partial charge in [-0.1, -0.05) is 6.07 Å². The van der Waals surface area contributed by atoms with E-state index in [2.05, 4.69) is 25.6 Å². The Morgan fingerprint density at radius 3 is 2.80 bits per heavy atom. The van der Waals surface area contributed by atoms with Gasteiger partial charge in [-0.3, -0.25) is 4.98 Å². The molecule has 2 N–H and O–H groups in total. The van der Waals surface area contributed by atoms with E-state index in [1.807, 2.05) is 38.4 Å². The fourth-order valence-electron chi connectivity index (χ4n) is 1.67. The highest BCUT2D eigenvalue weighted by Crippen LogP contribution is 2.12. The molecule has 0 radical (unpaired) electrons. The largest absolute Gasteiger partial charge is 0.374 e. The van der Waals surface area contributed by atoms with E-state index in [1.165, 1.54) is 0 Å². The molecule has 0 saturated heterocycles. The van der Waals surface area contributed by atoms with Crippen LogP contribution >= 0.6 is 0 Å². The molecule has 2 aromatic heterocycles. The lowest BCUT2D eigenvalue weighted by molar-refractivity contribution is 0.128. The third kappa shape index (κ3) is 4.17. The molecule has 20 heavy (non-hydrogen) atoms. The quantitative estimate of drug-likeness (QED) is 0.804. The van der Waals surface area contributed by atoms with Crippen molar-refractivity contribution in [3.63, 3.8) is 0 Å². The second-order valence-corrected chi connectivity index (χ2v) is 4.16. The fraction of sp³-hybridized carbons (Fsp3) is 0.357. The van der Waals surface area contributed by atoms with Gasteiger partial charge in [0.2, 0.25) is 0 Å². The number of hydrogen-bond donors (Lipinski definition) is 2. The van der Waals surface area contributed by atoms with E-state index >= 15 is 0 Å². The molecule has 0 bridgehead atoms. The van der Waals surface area contributed by atoms with Gasteiger partial charge in [-0.2, -0.15) is 0 Å². The molecule has 106 valence electrons. The van der Waals surface area contributed by atoms with Gasteiger partial charge >= 0.3 is 0 Å². The van der Waals surface area contributed by atoms with E-state index in [1.54, 1.807) is 6.20 Å². The van der Waals surface area contributed by atoms with Crippen molar-refractivity contribution in [3.8, 4) is 0 Å². The SMILES string of the molecule is CCOCc1nc(NC)cc(NCc2cccnc2)n1. The zero-order valence-electron chi connectivity index (χ0n) is 11.8. The molecule has 2 rings (SSSR count). The van der Waals surface area contributed by atoms with Crippen LogP contribution in [0.1, 0.15) is 18.3 Å². The highest BCUT2D eigenvalue weighted by atomic mass is 16.5. The molecule has 6 nitrogen and oxygen atoms in total. The Hall–Kier alpha value is -2.21. The number of ether oxygens (including phenoxy) is 1. The van der Waals surface area contributed by atoms with Gasteiger partial charge in [-0.05, 0) is 18.6 Å². The van der Waals surface area contributed by atoms with Crippen LogP contribution in [0.5, 0.6) is 0 Å². The fourth-order valence-corrected chi connectivity index (χ4v) is 1.67. The van der Waals surface area contributed by atoms with E-state index in [-0.39, 0.29) is 0 Å². The number of aromatic nitrogens is 3. The summed E-state index contributed by atoms with van der Waals surface area (Å²) in [5, 5.41) is 6.29. The summed E-state index contributed by atoms with van der Waals surface area (Å²) in [5.41, 5.74) is 1.10. The summed E-state index contributed by atoms with van der Waals surface area (Å²) in [7, 11) is 1.83. The zero-order chi connectivity index (χ0) is 14.2. The molecule has 6 heteroatoms. The molecule has 0 aliphatic carbocycles. The van der Waals surface area contributed by atoms with Crippen LogP contribution in [0.15, 0.2) is 30.6 Å². The van der Waals surface area contributed by atoms with Crippen molar-refractivity contribution in [3.05, 3.63) is 42.0 Å². The summed E-state index contributed by atoms with van der Waals surface area (Å²) in [6, 6.07) is 5.80. The molecule has 0 aliphatic heterocycles. The molecule has 0 saturated carbocycles. The molecule has 0 amide bonds. The third-order valence-corrected chi connectivity index (χ3v) is 2.66. The maximum absolute atomic E-state index is 5.35. The Morgan fingerprint density at radius 1 is 1.25 bits per heavy atom. The topological polar surface area (TPSA) is 72.0 Å². The minimum absolute atomic E-state index is 0.410. The Bertz CT molecular complexity index is 532. The van der Waals surface area contributed by atoms with E-state index in [4.69, 9.17) is 4.74 Å². The summed E-state index contributed by atoms with van der Waals surface area (Å²) in [5.74, 6) is 2.19. The number of pyridine rings is 1. The molecule has 2 heterocycles. The number of hydrogen-bond acceptors (Lipinski definition) is 6. The molecule has 0 spiro atoms. The van der Waals surface area contributed by atoms with Crippen LogP contribution in [-0.4, -0.2) is 28.6 Å². The summed E-state index contributed by atoms with van der Waals surface area (Å²) < 4.78 is 5.35. The van der Waals surface area contributed by atoms with Crippen molar-refractivity contribution in [2.45, 2.75) is 20.1 Å². The predicted octanol–water partition coefficient (Wildman–Crippen LogP) is 2.06. The third-order valence-electron chi connectivity index (χ3n) is 2.66. The smallest absolute Gasteiger partial charge is 0.158 e. The predicted molar refractivity (Wildman–Crippen MR) is 78.5 cm³/mol. The van der Waals surface area contributed by atoms with E-state index in [0.29, 0.717) is 25.6 Å². The van der Waals surface area contributed by atoms with Crippen molar-refractivity contribution in [1.82, 2.24) is 15.0 Å². The second kappa shape index (κ2) is 7.40. The molecule has 0 aromatic carbocycles. The van der Waals surface area contributed by atoms with Gasteiger partial charge in [0, 0.05) is 38.7 Å². The number of nitrogens with zero attached hydrogens (tertiary/aromatic N) is 3. The molecular weight excluding hydrogens is 254 g/mol. The average molecular weight is 273 g/mol. The van der Waals surface area contributed by atoms with Crippen molar-refractivity contribution >= 4 is 11.6 Å². The maximum Gasteiger partial charge on any atom is 0.158 e. The second-order valence-electron chi connectivity index (χ2n) is 4.16. The zero-order valence-corrected chi connectivity index (χ0v) is 11.8. The van der Waals surface area contributed by atoms with Crippen LogP contribution in [0.3, 0.4) is 0 Å². The van der Waals surface area contributed by atoms with Gasteiger partial charge in [-0.15, -0.1) is 0 Å². The van der Waals surface area contributed by atoms with Crippen LogP contribution in [0.25, 0.3) is 0 Å². The first kappa shape index (κ1) is 14.2. The highest BCUT2D eigenvalue weighted by Gasteiger charge is 2.04. The molecule has 0 unspecified atom stereocenters. The first-order valence-corrected chi connectivity index (χ1v) is 6.58. The monoisotopic (exact) mass is 273 g/mol. The molecule has 2 aromatic rings. The van der Waals surface area contributed by atoms with Gasteiger partial charge < -0.3 is 15.4 Å². The van der Waals surface area contributed by atoms with Crippen LogP contribution in [0.4, 0.5) is 11.6 Å². The Morgan fingerprint density at radius 2 is 2.10 bits per heavy atom. The van der Waals surface area contributed by atoms with Crippen molar-refractivity contribution in [2.75, 3.05) is 24.3 Å². The van der Waals surface area contributed by atoms with Crippen molar-refractivity contribution in [1.29, 1.82) is 0 Å². The average Bonchev–Trinajstić information content (AvgIpc) is 2.51. The van der Waals surface area contributed by atoms with Crippen LogP contribution in [-0.2, 0) is 17.9 Å². The first-order valence-electron chi connectivity index (χ1n) is 6.58.